The predicted molar refractivity (Wildman–Crippen MR) is 102 cm³/mol. The Labute approximate surface area is 161 Å². The molecule has 8 nitrogen and oxygen atoms in total. The smallest absolute Gasteiger partial charge is 0.274 e. The lowest BCUT2D eigenvalue weighted by atomic mass is 9.87. The quantitative estimate of drug-likeness (QED) is 0.555. The number of aryl methyl sites for hydroxylation is 1. The summed E-state index contributed by atoms with van der Waals surface area (Å²) in [6, 6.07) is 14.2. The van der Waals surface area contributed by atoms with E-state index in [0.29, 0.717) is 11.4 Å². The number of nitro benzene ring substituents is 1. The Kier molecular flexibility index (Phi) is 4.60. The first kappa shape index (κ1) is 17.8. The number of hydrogen-bond donors (Lipinski definition) is 1. The van der Waals surface area contributed by atoms with Crippen LogP contribution >= 0.6 is 0 Å². The van der Waals surface area contributed by atoms with Crippen LogP contribution in [0.2, 0.25) is 0 Å². The van der Waals surface area contributed by atoms with E-state index in [9.17, 15) is 14.9 Å². The second-order valence-corrected chi connectivity index (χ2v) is 6.83. The van der Waals surface area contributed by atoms with Gasteiger partial charge < -0.3 is 5.32 Å². The predicted octanol–water partition coefficient (Wildman–Crippen LogP) is 3.29. The van der Waals surface area contributed by atoms with Gasteiger partial charge in [-0.3, -0.25) is 14.9 Å². The van der Waals surface area contributed by atoms with Gasteiger partial charge in [0, 0.05) is 12.1 Å². The number of fused-ring (bicyclic) bond motifs is 1. The van der Waals surface area contributed by atoms with Crippen LogP contribution in [0.25, 0.3) is 5.69 Å². The van der Waals surface area contributed by atoms with Crippen LogP contribution in [-0.2, 0) is 6.42 Å². The van der Waals surface area contributed by atoms with Crippen LogP contribution in [-0.4, -0.2) is 25.8 Å². The van der Waals surface area contributed by atoms with E-state index in [1.54, 1.807) is 19.1 Å². The van der Waals surface area contributed by atoms with Gasteiger partial charge in [-0.25, -0.2) is 4.68 Å². The minimum atomic E-state index is -0.468. The number of nitrogens with one attached hydrogen (secondary N) is 1. The molecule has 1 amide bonds. The monoisotopic (exact) mass is 377 g/mol. The standard InChI is InChI=1S/C20H19N5O3/c1-13-19(22-23-24(13)15-8-5-9-16(12-15)25(27)28)20(26)21-18-11-4-7-14-6-2-3-10-17(14)18/h2-3,5-6,8-10,12,18H,4,7,11H2,1H3,(H,21,26). The molecule has 3 aromatic rings. The number of amides is 1. The van der Waals surface area contributed by atoms with Gasteiger partial charge in [0.15, 0.2) is 5.69 Å². The fourth-order valence-electron chi connectivity index (χ4n) is 3.65. The SMILES string of the molecule is Cc1c(C(=O)NC2CCCc3ccccc32)nnn1-c1cccc([N+](=O)[O-])c1. The summed E-state index contributed by atoms with van der Waals surface area (Å²) >= 11 is 0. The van der Waals surface area contributed by atoms with E-state index in [2.05, 4.69) is 21.7 Å². The van der Waals surface area contributed by atoms with Gasteiger partial charge in [0.2, 0.25) is 0 Å². The first-order valence-electron chi connectivity index (χ1n) is 9.10. The second kappa shape index (κ2) is 7.22. The summed E-state index contributed by atoms with van der Waals surface area (Å²) in [5.41, 5.74) is 3.59. The summed E-state index contributed by atoms with van der Waals surface area (Å²) in [6.45, 7) is 1.72. The van der Waals surface area contributed by atoms with Crippen molar-refractivity contribution in [2.45, 2.75) is 32.2 Å². The Bertz CT molecular complexity index is 1060. The molecule has 0 saturated heterocycles. The highest BCUT2D eigenvalue weighted by Gasteiger charge is 2.25. The topological polar surface area (TPSA) is 103 Å². The summed E-state index contributed by atoms with van der Waals surface area (Å²) in [5, 5.41) is 22.1. The number of aromatic nitrogens is 3. The van der Waals surface area contributed by atoms with E-state index in [-0.39, 0.29) is 23.3 Å². The maximum atomic E-state index is 12.8. The van der Waals surface area contributed by atoms with Gasteiger partial charge >= 0.3 is 0 Å². The van der Waals surface area contributed by atoms with Crippen LogP contribution in [0.5, 0.6) is 0 Å². The average Bonchev–Trinajstić information content (AvgIpc) is 3.10. The Balaban J connectivity index is 1.59. The molecule has 4 rings (SSSR count). The molecule has 0 radical (unpaired) electrons. The number of carbonyl (C=O) groups excluding carboxylic acids is 1. The normalized spacial score (nSPS) is 15.7. The molecule has 1 heterocycles. The fourth-order valence-corrected chi connectivity index (χ4v) is 3.65. The Hall–Kier alpha value is -3.55. The highest BCUT2D eigenvalue weighted by Crippen LogP contribution is 2.29. The lowest BCUT2D eigenvalue weighted by Gasteiger charge is -2.26. The molecule has 0 fully saturated rings. The molecular formula is C20H19N5O3. The van der Waals surface area contributed by atoms with E-state index in [0.717, 1.165) is 24.8 Å². The van der Waals surface area contributed by atoms with Gasteiger partial charge in [0.05, 0.1) is 22.3 Å². The van der Waals surface area contributed by atoms with Crippen molar-refractivity contribution < 1.29 is 9.72 Å². The van der Waals surface area contributed by atoms with Crippen LogP contribution in [0, 0.1) is 17.0 Å². The van der Waals surface area contributed by atoms with Crippen LogP contribution in [0.15, 0.2) is 48.5 Å². The summed E-state index contributed by atoms with van der Waals surface area (Å²) in [7, 11) is 0. The van der Waals surface area contributed by atoms with Crippen LogP contribution < -0.4 is 5.32 Å². The van der Waals surface area contributed by atoms with Crippen molar-refractivity contribution in [1.29, 1.82) is 0 Å². The first-order chi connectivity index (χ1) is 13.5. The molecular weight excluding hydrogens is 358 g/mol. The van der Waals surface area contributed by atoms with Crippen molar-refractivity contribution >= 4 is 11.6 Å². The molecule has 1 N–H and O–H groups in total. The Morgan fingerprint density at radius 2 is 2.07 bits per heavy atom. The van der Waals surface area contributed by atoms with E-state index in [4.69, 9.17) is 0 Å². The van der Waals surface area contributed by atoms with Crippen LogP contribution in [0.1, 0.15) is 46.2 Å². The molecule has 2 aromatic carbocycles. The summed E-state index contributed by atoms with van der Waals surface area (Å²) in [4.78, 5) is 23.4. The third kappa shape index (κ3) is 3.24. The largest absolute Gasteiger partial charge is 0.344 e. The fraction of sp³-hybridized carbons (Fsp3) is 0.250. The van der Waals surface area contributed by atoms with Gasteiger partial charge in [-0.1, -0.05) is 35.5 Å². The third-order valence-electron chi connectivity index (χ3n) is 5.07. The molecule has 0 spiro atoms. The van der Waals surface area contributed by atoms with E-state index >= 15 is 0 Å². The van der Waals surface area contributed by atoms with Crippen molar-refractivity contribution in [3.63, 3.8) is 0 Å². The maximum absolute atomic E-state index is 12.8. The summed E-state index contributed by atoms with van der Waals surface area (Å²) in [5.74, 6) is -0.295. The third-order valence-corrected chi connectivity index (χ3v) is 5.07. The summed E-state index contributed by atoms with van der Waals surface area (Å²) < 4.78 is 1.44. The first-order valence-corrected chi connectivity index (χ1v) is 9.10. The molecule has 0 saturated carbocycles. The van der Waals surface area contributed by atoms with Crippen molar-refractivity contribution in [3.05, 3.63) is 81.2 Å². The van der Waals surface area contributed by atoms with E-state index < -0.39 is 4.92 Å². The lowest BCUT2D eigenvalue weighted by Crippen LogP contribution is -2.31. The zero-order chi connectivity index (χ0) is 19.7. The van der Waals surface area contributed by atoms with Crippen molar-refractivity contribution in [2.24, 2.45) is 0 Å². The Morgan fingerprint density at radius 3 is 2.89 bits per heavy atom. The lowest BCUT2D eigenvalue weighted by molar-refractivity contribution is -0.384. The Morgan fingerprint density at radius 1 is 1.25 bits per heavy atom. The zero-order valence-corrected chi connectivity index (χ0v) is 15.3. The number of carbonyl (C=O) groups is 1. The molecule has 142 valence electrons. The maximum Gasteiger partial charge on any atom is 0.274 e. The molecule has 8 heteroatoms. The van der Waals surface area contributed by atoms with Gasteiger partial charge in [-0.15, -0.1) is 5.10 Å². The molecule has 28 heavy (non-hydrogen) atoms. The van der Waals surface area contributed by atoms with Gasteiger partial charge in [0.1, 0.15) is 0 Å². The van der Waals surface area contributed by atoms with Gasteiger partial charge in [0.25, 0.3) is 11.6 Å². The van der Waals surface area contributed by atoms with E-state index in [1.165, 1.54) is 22.4 Å². The number of non-ortho nitro benzene ring substituents is 1. The summed E-state index contributed by atoms with van der Waals surface area (Å²) in [6.07, 6.45) is 2.91. The molecule has 1 atom stereocenters. The number of hydrogen-bond acceptors (Lipinski definition) is 5. The molecule has 1 aliphatic rings. The van der Waals surface area contributed by atoms with Gasteiger partial charge in [-0.2, -0.15) is 0 Å². The zero-order valence-electron chi connectivity index (χ0n) is 15.3. The van der Waals surface area contributed by atoms with E-state index in [1.807, 2.05) is 18.2 Å². The molecule has 0 aliphatic heterocycles. The van der Waals surface area contributed by atoms with Crippen molar-refractivity contribution in [1.82, 2.24) is 20.3 Å². The molecule has 1 aliphatic carbocycles. The minimum absolute atomic E-state index is 0.0442. The number of nitro groups is 1. The molecule has 0 bridgehead atoms. The average molecular weight is 377 g/mol. The minimum Gasteiger partial charge on any atom is -0.344 e. The van der Waals surface area contributed by atoms with Gasteiger partial charge in [-0.05, 0) is 43.4 Å². The molecule has 1 aromatic heterocycles. The number of rotatable bonds is 4. The van der Waals surface area contributed by atoms with Crippen molar-refractivity contribution in [3.8, 4) is 5.69 Å². The molecule has 1 unspecified atom stereocenters. The highest BCUT2D eigenvalue weighted by molar-refractivity contribution is 5.93. The second-order valence-electron chi connectivity index (χ2n) is 6.83. The number of benzene rings is 2. The highest BCUT2D eigenvalue weighted by atomic mass is 16.6. The van der Waals surface area contributed by atoms with Crippen LogP contribution in [0.4, 0.5) is 5.69 Å². The number of nitrogens with zero attached hydrogens (tertiary/aromatic N) is 4. The van der Waals surface area contributed by atoms with Crippen molar-refractivity contribution in [2.75, 3.05) is 0 Å². The van der Waals surface area contributed by atoms with Crippen LogP contribution in [0.3, 0.4) is 0 Å².